The number of hydrogen-bond donors (Lipinski definition) is 0. The van der Waals surface area contributed by atoms with E-state index in [0.29, 0.717) is 32.8 Å². The molecule has 1 fully saturated rings. The lowest BCUT2D eigenvalue weighted by Gasteiger charge is -2.25. The van der Waals surface area contributed by atoms with E-state index in [1.807, 2.05) is 55.1 Å². The van der Waals surface area contributed by atoms with Crippen LogP contribution in [0.3, 0.4) is 0 Å². The summed E-state index contributed by atoms with van der Waals surface area (Å²) in [7, 11) is 0. The molecular weight excluding hydrogens is 354 g/mol. The van der Waals surface area contributed by atoms with Gasteiger partial charge in [0, 0.05) is 50.6 Å². The molecule has 1 aromatic heterocycles. The maximum absolute atomic E-state index is 13.1. The number of carbonyl (C=O) groups excluding carboxylic acids is 2. The Balaban J connectivity index is 1.66. The van der Waals surface area contributed by atoms with Gasteiger partial charge in [-0.25, -0.2) is 0 Å². The Kier molecular flexibility index (Phi) is 6.63. The average molecular weight is 381 g/mol. The minimum atomic E-state index is -0.302. The van der Waals surface area contributed by atoms with Crippen molar-refractivity contribution in [1.29, 1.82) is 0 Å². The molecule has 3 rings (SSSR count). The lowest BCUT2D eigenvalue weighted by atomic mass is 10.1. The first-order valence-corrected chi connectivity index (χ1v) is 9.78. The molecular formula is C22H27N3O3. The van der Waals surface area contributed by atoms with Crippen molar-refractivity contribution in [2.75, 3.05) is 19.7 Å². The van der Waals surface area contributed by atoms with Crippen molar-refractivity contribution in [3.63, 3.8) is 0 Å². The molecule has 1 aliphatic rings. The summed E-state index contributed by atoms with van der Waals surface area (Å²) < 4.78 is 5.68. The van der Waals surface area contributed by atoms with Gasteiger partial charge in [0.15, 0.2) is 0 Å². The first-order valence-electron chi connectivity index (χ1n) is 9.78. The van der Waals surface area contributed by atoms with Crippen molar-refractivity contribution in [2.24, 2.45) is 5.92 Å². The number of benzene rings is 1. The van der Waals surface area contributed by atoms with Gasteiger partial charge in [0.2, 0.25) is 11.8 Å². The minimum absolute atomic E-state index is 0.0213. The van der Waals surface area contributed by atoms with Crippen LogP contribution in [-0.4, -0.2) is 46.3 Å². The van der Waals surface area contributed by atoms with E-state index in [9.17, 15) is 9.59 Å². The van der Waals surface area contributed by atoms with Gasteiger partial charge in [0.05, 0.1) is 12.5 Å². The first-order chi connectivity index (χ1) is 13.6. The van der Waals surface area contributed by atoms with Gasteiger partial charge in [-0.3, -0.25) is 14.6 Å². The van der Waals surface area contributed by atoms with Crippen LogP contribution in [0.4, 0.5) is 0 Å². The van der Waals surface area contributed by atoms with Crippen LogP contribution < -0.4 is 4.74 Å². The van der Waals surface area contributed by atoms with E-state index >= 15 is 0 Å². The highest BCUT2D eigenvalue weighted by atomic mass is 16.5. The number of likely N-dealkylation sites (tertiary alicyclic amines) is 1. The SMILES string of the molecule is CCOc1ccccc1CN(CC)C(=O)[C@H]1CC(=O)N(Cc2cccnc2)C1. The van der Waals surface area contributed by atoms with Crippen molar-refractivity contribution < 1.29 is 14.3 Å². The fourth-order valence-electron chi connectivity index (χ4n) is 3.54. The first kappa shape index (κ1) is 19.9. The van der Waals surface area contributed by atoms with Crippen molar-refractivity contribution in [3.8, 4) is 5.75 Å². The van der Waals surface area contributed by atoms with Gasteiger partial charge < -0.3 is 14.5 Å². The zero-order valence-corrected chi connectivity index (χ0v) is 16.5. The number of pyridine rings is 1. The highest BCUT2D eigenvalue weighted by Gasteiger charge is 2.36. The summed E-state index contributed by atoms with van der Waals surface area (Å²) in [6.07, 6.45) is 3.73. The second-order valence-corrected chi connectivity index (χ2v) is 6.93. The Morgan fingerprint density at radius 3 is 2.79 bits per heavy atom. The van der Waals surface area contributed by atoms with Gasteiger partial charge in [0.1, 0.15) is 5.75 Å². The van der Waals surface area contributed by atoms with Crippen LogP contribution in [-0.2, 0) is 22.7 Å². The molecule has 0 spiro atoms. The molecule has 148 valence electrons. The zero-order chi connectivity index (χ0) is 19.9. The van der Waals surface area contributed by atoms with Gasteiger partial charge in [-0.15, -0.1) is 0 Å². The smallest absolute Gasteiger partial charge is 0.228 e. The standard InChI is InChI=1S/C22H27N3O3/c1-3-24(15-18-9-5-6-10-20(18)28-4-2)22(27)19-12-21(26)25(16-19)14-17-8-7-11-23-13-17/h5-11,13,19H,3-4,12,14-16H2,1-2H3/t19-/m0/s1. The Hall–Kier alpha value is -2.89. The quantitative estimate of drug-likeness (QED) is 0.705. The van der Waals surface area contributed by atoms with E-state index in [-0.39, 0.29) is 24.2 Å². The largest absolute Gasteiger partial charge is 0.494 e. The van der Waals surface area contributed by atoms with E-state index in [1.54, 1.807) is 17.3 Å². The predicted molar refractivity (Wildman–Crippen MR) is 106 cm³/mol. The van der Waals surface area contributed by atoms with Gasteiger partial charge >= 0.3 is 0 Å². The Morgan fingerprint density at radius 1 is 1.25 bits per heavy atom. The van der Waals surface area contributed by atoms with Crippen molar-refractivity contribution >= 4 is 11.8 Å². The number of para-hydroxylation sites is 1. The molecule has 0 saturated carbocycles. The van der Waals surface area contributed by atoms with Gasteiger partial charge in [-0.2, -0.15) is 0 Å². The zero-order valence-electron chi connectivity index (χ0n) is 16.5. The van der Waals surface area contributed by atoms with Crippen LogP contribution in [0.15, 0.2) is 48.8 Å². The van der Waals surface area contributed by atoms with Crippen molar-refractivity contribution in [2.45, 2.75) is 33.4 Å². The topological polar surface area (TPSA) is 62.7 Å². The number of ether oxygens (including phenoxy) is 1. The summed E-state index contributed by atoms with van der Waals surface area (Å²) in [5.74, 6) is 0.546. The molecule has 1 saturated heterocycles. The molecule has 0 unspecified atom stereocenters. The Bertz CT molecular complexity index is 810. The molecule has 28 heavy (non-hydrogen) atoms. The predicted octanol–water partition coefficient (Wildman–Crippen LogP) is 2.88. The lowest BCUT2D eigenvalue weighted by Crippen LogP contribution is -2.37. The molecule has 1 aromatic carbocycles. The third-order valence-corrected chi connectivity index (χ3v) is 4.99. The summed E-state index contributed by atoms with van der Waals surface area (Å²) >= 11 is 0. The molecule has 2 amide bonds. The molecule has 0 radical (unpaired) electrons. The molecule has 0 N–H and O–H groups in total. The molecule has 1 aliphatic heterocycles. The fourth-order valence-corrected chi connectivity index (χ4v) is 3.54. The van der Waals surface area contributed by atoms with E-state index in [2.05, 4.69) is 4.98 Å². The third-order valence-electron chi connectivity index (χ3n) is 4.99. The van der Waals surface area contributed by atoms with Crippen LogP contribution in [0.25, 0.3) is 0 Å². The summed E-state index contributed by atoms with van der Waals surface area (Å²) in [6.45, 7) is 6.51. The average Bonchev–Trinajstić information content (AvgIpc) is 3.08. The Labute approximate surface area is 166 Å². The van der Waals surface area contributed by atoms with E-state index in [0.717, 1.165) is 16.9 Å². The maximum Gasteiger partial charge on any atom is 0.228 e. The second-order valence-electron chi connectivity index (χ2n) is 6.93. The van der Waals surface area contributed by atoms with Crippen LogP contribution in [0.5, 0.6) is 5.75 Å². The van der Waals surface area contributed by atoms with Crippen LogP contribution in [0, 0.1) is 5.92 Å². The molecule has 0 bridgehead atoms. The monoisotopic (exact) mass is 381 g/mol. The minimum Gasteiger partial charge on any atom is -0.494 e. The summed E-state index contributed by atoms with van der Waals surface area (Å²) in [4.78, 5) is 33.2. The summed E-state index contributed by atoms with van der Waals surface area (Å²) in [6, 6.07) is 11.6. The van der Waals surface area contributed by atoms with Crippen LogP contribution in [0.2, 0.25) is 0 Å². The number of carbonyl (C=O) groups is 2. The Morgan fingerprint density at radius 2 is 2.07 bits per heavy atom. The van der Waals surface area contributed by atoms with Gasteiger partial charge in [0.25, 0.3) is 0 Å². The molecule has 6 heteroatoms. The lowest BCUT2D eigenvalue weighted by molar-refractivity contribution is -0.136. The number of rotatable bonds is 8. The molecule has 1 atom stereocenters. The molecule has 2 heterocycles. The number of amides is 2. The summed E-state index contributed by atoms with van der Waals surface area (Å²) in [5.41, 5.74) is 1.96. The van der Waals surface area contributed by atoms with Crippen LogP contribution >= 0.6 is 0 Å². The maximum atomic E-state index is 13.1. The van der Waals surface area contributed by atoms with E-state index in [4.69, 9.17) is 4.74 Å². The molecule has 0 aliphatic carbocycles. The molecule has 2 aromatic rings. The molecule has 6 nitrogen and oxygen atoms in total. The third kappa shape index (κ3) is 4.68. The van der Waals surface area contributed by atoms with Crippen molar-refractivity contribution in [3.05, 3.63) is 59.9 Å². The van der Waals surface area contributed by atoms with Crippen LogP contribution in [0.1, 0.15) is 31.4 Å². The number of hydrogen-bond acceptors (Lipinski definition) is 4. The normalized spacial score (nSPS) is 16.3. The van der Waals surface area contributed by atoms with E-state index < -0.39 is 0 Å². The fraction of sp³-hybridized carbons (Fsp3) is 0.409. The van der Waals surface area contributed by atoms with Crippen molar-refractivity contribution in [1.82, 2.24) is 14.8 Å². The highest BCUT2D eigenvalue weighted by Crippen LogP contribution is 2.25. The highest BCUT2D eigenvalue weighted by molar-refractivity contribution is 5.89. The number of nitrogens with zero attached hydrogens (tertiary/aromatic N) is 3. The second kappa shape index (κ2) is 9.35. The van der Waals surface area contributed by atoms with Gasteiger partial charge in [-0.1, -0.05) is 24.3 Å². The van der Waals surface area contributed by atoms with E-state index in [1.165, 1.54) is 0 Å². The van der Waals surface area contributed by atoms with Gasteiger partial charge in [-0.05, 0) is 31.5 Å². The summed E-state index contributed by atoms with van der Waals surface area (Å²) in [5, 5.41) is 0. The number of aromatic nitrogens is 1.